The second-order valence-corrected chi connectivity index (χ2v) is 6.52. The second kappa shape index (κ2) is 7.99. The number of benzene rings is 2. The molecule has 3 rings (SSSR count). The van der Waals surface area contributed by atoms with Crippen molar-refractivity contribution in [1.82, 2.24) is 0 Å². The van der Waals surface area contributed by atoms with Crippen LogP contribution in [0.3, 0.4) is 0 Å². The predicted octanol–water partition coefficient (Wildman–Crippen LogP) is 4.40. The standard InChI is InChI=1S/C20H23N3O3/c1-2-15-7-6-8-17(13-15)21-20(24)16-9-10-18(19(14-16)23(25)26)22-11-4-3-5-12-22/h6-10,13-14H,2-5,11-12H2,1H3,(H,21,24). The molecule has 0 aliphatic carbocycles. The maximum Gasteiger partial charge on any atom is 0.293 e. The van der Waals surface area contributed by atoms with E-state index in [-0.39, 0.29) is 11.6 Å². The minimum absolute atomic E-state index is 0.0122. The summed E-state index contributed by atoms with van der Waals surface area (Å²) in [7, 11) is 0. The van der Waals surface area contributed by atoms with Crippen LogP contribution in [0.1, 0.15) is 42.1 Å². The molecule has 26 heavy (non-hydrogen) atoms. The molecule has 1 saturated heterocycles. The summed E-state index contributed by atoms with van der Waals surface area (Å²) in [5.41, 5.74) is 2.69. The van der Waals surface area contributed by atoms with Gasteiger partial charge >= 0.3 is 0 Å². The molecule has 0 radical (unpaired) electrons. The Hall–Kier alpha value is -2.89. The monoisotopic (exact) mass is 353 g/mol. The largest absolute Gasteiger partial charge is 0.366 e. The molecule has 0 aromatic heterocycles. The summed E-state index contributed by atoms with van der Waals surface area (Å²) in [6.45, 7) is 3.68. The first-order valence-electron chi connectivity index (χ1n) is 9.02. The molecule has 6 heteroatoms. The van der Waals surface area contributed by atoms with Crippen molar-refractivity contribution in [1.29, 1.82) is 0 Å². The molecule has 0 saturated carbocycles. The Morgan fingerprint density at radius 3 is 2.62 bits per heavy atom. The van der Waals surface area contributed by atoms with Crippen LogP contribution >= 0.6 is 0 Å². The summed E-state index contributed by atoms with van der Waals surface area (Å²) >= 11 is 0. The third-order valence-electron chi connectivity index (χ3n) is 4.72. The van der Waals surface area contributed by atoms with E-state index in [1.807, 2.05) is 36.1 Å². The highest BCUT2D eigenvalue weighted by Gasteiger charge is 2.23. The quantitative estimate of drug-likeness (QED) is 0.638. The smallest absolute Gasteiger partial charge is 0.293 e. The Morgan fingerprint density at radius 1 is 1.15 bits per heavy atom. The van der Waals surface area contributed by atoms with Crippen LogP contribution < -0.4 is 10.2 Å². The van der Waals surface area contributed by atoms with Crippen LogP contribution in [0.25, 0.3) is 0 Å². The number of nitrogens with one attached hydrogen (secondary N) is 1. The molecule has 2 aromatic carbocycles. The Balaban J connectivity index is 1.84. The first-order chi connectivity index (χ1) is 12.6. The molecule has 6 nitrogen and oxygen atoms in total. The van der Waals surface area contributed by atoms with Crippen molar-refractivity contribution in [2.24, 2.45) is 0 Å². The van der Waals surface area contributed by atoms with Crippen LogP contribution in [0.2, 0.25) is 0 Å². The number of piperidine rings is 1. The Kier molecular flexibility index (Phi) is 5.51. The van der Waals surface area contributed by atoms with E-state index in [4.69, 9.17) is 0 Å². The van der Waals surface area contributed by atoms with Crippen LogP contribution in [0.5, 0.6) is 0 Å². The fourth-order valence-electron chi connectivity index (χ4n) is 3.29. The van der Waals surface area contributed by atoms with E-state index >= 15 is 0 Å². The maximum absolute atomic E-state index is 12.5. The molecule has 1 aliphatic heterocycles. The number of carbonyl (C=O) groups excluding carboxylic acids is 1. The van der Waals surface area contributed by atoms with Gasteiger partial charge in [-0.2, -0.15) is 0 Å². The van der Waals surface area contributed by atoms with E-state index in [1.54, 1.807) is 12.1 Å². The number of anilines is 2. The molecule has 1 N–H and O–H groups in total. The molecule has 1 aliphatic rings. The third kappa shape index (κ3) is 4.02. The summed E-state index contributed by atoms with van der Waals surface area (Å²) in [6.07, 6.45) is 4.10. The highest BCUT2D eigenvalue weighted by Crippen LogP contribution is 2.31. The van der Waals surface area contributed by atoms with Crippen molar-refractivity contribution in [2.75, 3.05) is 23.3 Å². The molecule has 0 unspecified atom stereocenters. The molecule has 2 aromatic rings. The lowest BCUT2D eigenvalue weighted by Crippen LogP contribution is -2.30. The number of nitrogens with zero attached hydrogens (tertiary/aromatic N) is 2. The predicted molar refractivity (Wildman–Crippen MR) is 103 cm³/mol. The van der Waals surface area contributed by atoms with Crippen molar-refractivity contribution in [3.05, 3.63) is 63.7 Å². The van der Waals surface area contributed by atoms with Crippen LogP contribution in [-0.4, -0.2) is 23.9 Å². The highest BCUT2D eigenvalue weighted by molar-refractivity contribution is 6.05. The summed E-state index contributed by atoms with van der Waals surface area (Å²) in [6, 6.07) is 12.3. The van der Waals surface area contributed by atoms with E-state index < -0.39 is 4.92 Å². The molecular formula is C20H23N3O3. The summed E-state index contributed by atoms with van der Waals surface area (Å²) in [5, 5.41) is 14.4. The van der Waals surface area contributed by atoms with Crippen LogP contribution in [0.4, 0.5) is 17.1 Å². The van der Waals surface area contributed by atoms with Crippen molar-refractivity contribution in [3.8, 4) is 0 Å². The number of nitro groups is 1. The fraction of sp³-hybridized carbons (Fsp3) is 0.350. The molecule has 0 spiro atoms. The normalized spacial score (nSPS) is 14.1. The minimum Gasteiger partial charge on any atom is -0.366 e. The Morgan fingerprint density at radius 2 is 1.92 bits per heavy atom. The molecule has 0 bridgehead atoms. The molecule has 136 valence electrons. The zero-order valence-corrected chi connectivity index (χ0v) is 14.9. The van der Waals surface area contributed by atoms with Gasteiger partial charge in [-0.25, -0.2) is 0 Å². The lowest BCUT2D eigenvalue weighted by Gasteiger charge is -2.28. The van der Waals surface area contributed by atoms with Crippen molar-refractivity contribution in [3.63, 3.8) is 0 Å². The van der Waals surface area contributed by atoms with E-state index in [0.717, 1.165) is 44.3 Å². The fourth-order valence-corrected chi connectivity index (χ4v) is 3.29. The van der Waals surface area contributed by atoms with Crippen molar-refractivity contribution in [2.45, 2.75) is 32.6 Å². The van der Waals surface area contributed by atoms with Gasteiger partial charge in [-0.1, -0.05) is 19.1 Å². The first kappa shape index (κ1) is 17.9. The number of aryl methyl sites for hydroxylation is 1. The van der Waals surface area contributed by atoms with Crippen LogP contribution in [-0.2, 0) is 6.42 Å². The number of rotatable bonds is 5. The second-order valence-electron chi connectivity index (χ2n) is 6.52. The van der Waals surface area contributed by atoms with Gasteiger partial charge in [0.1, 0.15) is 5.69 Å². The van der Waals surface area contributed by atoms with E-state index in [1.165, 1.54) is 6.07 Å². The Labute approximate surface area is 153 Å². The number of carbonyl (C=O) groups is 1. The highest BCUT2D eigenvalue weighted by atomic mass is 16.6. The van der Waals surface area contributed by atoms with Gasteiger partial charge in [0.25, 0.3) is 11.6 Å². The average molecular weight is 353 g/mol. The maximum atomic E-state index is 12.5. The lowest BCUT2D eigenvalue weighted by atomic mass is 10.1. The first-order valence-corrected chi connectivity index (χ1v) is 9.02. The van der Waals surface area contributed by atoms with Gasteiger partial charge in [0, 0.05) is 30.4 Å². The molecular weight excluding hydrogens is 330 g/mol. The summed E-state index contributed by atoms with van der Waals surface area (Å²) in [5.74, 6) is -0.341. The molecule has 1 amide bonds. The minimum atomic E-state index is -0.404. The van der Waals surface area contributed by atoms with Gasteiger partial charge in [0.2, 0.25) is 0 Å². The molecule has 1 heterocycles. The number of hydrogen-bond donors (Lipinski definition) is 1. The van der Waals surface area contributed by atoms with Gasteiger partial charge in [-0.3, -0.25) is 14.9 Å². The van der Waals surface area contributed by atoms with Crippen LogP contribution in [0.15, 0.2) is 42.5 Å². The molecule has 0 atom stereocenters. The van der Waals surface area contributed by atoms with E-state index in [9.17, 15) is 14.9 Å². The van der Waals surface area contributed by atoms with Crippen LogP contribution in [0, 0.1) is 10.1 Å². The zero-order valence-electron chi connectivity index (χ0n) is 14.9. The summed E-state index contributed by atoms with van der Waals surface area (Å²) in [4.78, 5) is 25.7. The third-order valence-corrected chi connectivity index (χ3v) is 4.72. The van der Waals surface area contributed by atoms with E-state index in [2.05, 4.69) is 5.32 Å². The molecule has 1 fully saturated rings. The SMILES string of the molecule is CCc1cccc(NC(=O)c2ccc(N3CCCCC3)c([N+](=O)[O-])c2)c1. The lowest BCUT2D eigenvalue weighted by molar-refractivity contribution is -0.384. The number of hydrogen-bond acceptors (Lipinski definition) is 4. The number of amides is 1. The van der Waals surface area contributed by atoms with Crippen molar-refractivity contribution < 1.29 is 9.72 Å². The van der Waals surface area contributed by atoms with Gasteiger partial charge in [-0.05, 0) is 55.5 Å². The van der Waals surface area contributed by atoms with E-state index in [0.29, 0.717) is 16.9 Å². The summed E-state index contributed by atoms with van der Waals surface area (Å²) < 4.78 is 0. The van der Waals surface area contributed by atoms with Gasteiger partial charge in [0.05, 0.1) is 4.92 Å². The van der Waals surface area contributed by atoms with Gasteiger partial charge in [-0.15, -0.1) is 0 Å². The average Bonchev–Trinajstić information content (AvgIpc) is 2.68. The van der Waals surface area contributed by atoms with Gasteiger partial charge in [0.15, 0.2) is 0 Å². The number of nitro benzene ring substituents is 1. The van der Waals surface area contributed by atoms with Crippen molar-refractivity contribution >= 4 is 23.0 Å². The van der Waals surface area contributed by atoms with Gasteiger partial charge < -0.3 is 10.2 Å². The Bertz CT molecular complexity index is 814. The zero-order chi connectivity index (χ0) is 18.5. The topological polar surface area (TPSA) is 75.5 Å².